The normalized spacial score (nSPS) is 20.8. The van der Waals surface area contributed by atoms with Crippen LogP contribution in [0.3, 0.4) is 0 Å². The highest BCUT2D eigenvalue weighted by atomic mass is 16.5. The zero-order valence-corrected chi connectivity index (χ0v) is 9.03. The molecule has 0 aromatic heterocycles. The first-order valence-corrected chi connectivity index (χ1v) is 4.89. The maximum atomic E-state index is 9.17. The molecule has 0 bridgehead atoms. The Bertz CT molecular complexity index is 109. The van der Waals surface area contributed by atoms with Gasteiger partial charge < -0.3 is 14.9 Å². The molecule has 80 valence electrons. The summed E-state index contributed by atoms with van der Waals surface area (Å²) in [6.45, 7) is 8.50. The summed E-state index contributed by atoms with van der Waals surface area (Å²) < 4.78 is 5.36. The van der Waals surface area contributed by atoms with Crippen molar-refractivity contribution in [1.29, 1.82) is 0 Å². The smallest absolute Gasteiger partial charge is 0.0559 e. The Kier molecular flexibility index (Phi) is 6.29. The molecule has 3 heteroatoms. The predicted molar refractivity (Wildman–Crippen MR) is 52.5 cm³/mol. The molecule has 4 atom stereocenters. The van der Waals surface area contributed by atoms with Crippen molar-refractivity contribution in [3.63, 3.8) is 0 Å². The summed E-state index contributed by atoms with van der Waals surface area (Å²) in [4.78, 5) is 0. The van der Waals surface area contributed by atoms with Crippen LogP contribution in [0.15, 0.2) is 0 Å². The Hall–Kier alpha value is -0.120. The fraction of sp³-hybridized carbons (Fsp3) is 1.00. The summed E-state index contributed by atoms with van der Waals surface area (Å²) in [5.74, 6) is 0.308. The molecule has 0 aromatic rings. The van der Waals surface area contributed by atoms with Gasteiger partial charge >= 0.3 is 0 Å². The molecule has 0 radical (unpaired) electrons. The Morgan fingerprint density at radius 2 is 1.15 bits per heavy atom. The van der Waals surface area contributed by atoms with E-state index >= 15 is 0 Å². The molecule has 0 heterocycles. The first-order valence-electron chi connectivity index (χ1n) is 4.89. The van der Waals surface area contributed by atoms with Crippen LogP contribution in [0, 0.1) is 11.8 Å². The highest BCUT2D eigenvalue weighted by molar-refractivity contribution is 4.60. The van der Waals surface area contributed by atoms with Crippen LogP contribution in [-0.4, -0.2) is 35.6 Å². The molecule has 3 nitrogen and oxygen atoms in total. The highest BCUT2D eigenvalue weighted by Crippen LogP contribution is 2.06. The van der Waals surface area contributed by atoms with Crippen LogP contribution in [-0.2, 0) is 4.74 Å². The maximum absolute atomic E-state index is 9.17. The van der Waals surface area contributed by atoms with E-state index in [0.717, 1.165) is 0 Å². The van der Waals surface area contributed by atoms with Crippen molar-refractivity contribution in [3.8, 4) is 0 Å². The Morgan fingerprint density at radius 3 is 1.38 bits per heavy atom. The maximum Gasteiger partial charge on any atom is 0.0559 e. The van der Waals surface area contributed by atoms with Gasteiger partial charge in [0.1, 0.15) is 0 Å². The Balaban J connectivity index is 3.45. The van der Waals surface area contributed by atoms with E-state index in [1.54, 1.807) is 13.8 Å². The quantitative estimate of drug-likeness (QED) is 0.658. The fourth-order valence-corrected chi connectivity index (χ4v) is 0.718. The van der Waals surface area contributed by atoms with Crippen LogP contribution < -0.4 is 0 Å². The van der Waals surface area contributed by atoms with Gasteiger partial charge in [0.2, 0.25) is 0 Å². The van der Waals surface area contributed by atoms with Crippen LogP contribution in [0.2, 0.25) is 0 Å². The molecule has 0 spiro atoms. The van der Waals surface area contributed by atoms with Gasteiger partial charge in [0.05, 0.1) is 25.4 Å². The second kappa shape index (κ2) is 6.35. The van der Waals surface area contributed by atoms with Gasteiger partial charge in [0.25, 0.3) is 0 Å². The Labute approximate surface area is 80.7 Å². The van der Waals surface area contributed by atoms with Crippen LogP contribution in [0.5, 0.6) is 0 Å². The molecule has 0 aliphatic heterocycles. The van der Waals surface area contributed by atoms with Crippen LogP contribution in [0.4, 0.5) is 0 Å². The van der Waals surface area contributed by atoms with Gasteiger partial charge in [0.15, 0.2) is 0 Å². The molecule has 0 aliphatic rings. The van der Waals surface area contributed by atoms with E-state index in [2.05, 4.69) is 0 Å². The van der Waals surface area contributed by atoms with Crippen LogP contribution in [0.25, 0.3) is 0 Å². The molecule has 0 saturated carbocycles. The zero-order chi connectivity index (χ0) is 10.4. The van der Waals surface area contributed by atoms with Crippen LogP contribution >= 0.6 is 0 Å². The summed E-state index contributed by atoms with van der Waals surface area (Å²) in [5.41, 5.74) is 0. The largest absolute Gasteiger partial charge is 0.393 e. The van der Waals surface area contributed by atoms with Crippen molar-refractivity contribution in [3.05, 3.63) is 0 Å². The van der Waals surface area contributed by atoms with Crippen molar-refractivity contribution in [1.82, 2.24) is 0 Å². The summed E-state index contributed by atoms with van der Waals surface area (Å²) in [7, 11) is 0. The monoisotopic (exact) mass is 190 g/mol. The van der Waals surface area contributed by atoms with Gasteiger partial charge in [-0.25, -0.2) is 0 Å². The summed E-state index contributed by atoms with van der Waals surface area (Å²) in [6.07, 6.45) is -0.663. The Morgan fingerprint density at radius 1 is 0.846 bits per heavy atom. The predicted octanol–water partition coefficient (Wildman–Crippen LogP) is 1.04. The first-order chi connectivity index (χ1) is 5.95. The van der Waals surface area contributed by atoms with Gasteiger partial charge in [0, 0.05) is 11.8 Å². The van der Waals surface area contributed by atoms with Gasteiger partial charge in [-0.1, -0.05) is 13.8 Å². The third kappa shape index (κ3) is 6.02. The van der Waals surface area contributed by atoms with E-state index in [1.165, 1.54) is 0 Å². The first kappa shape index (κ1) is 12.9. The lowest BCUT2D eigenvalue weighted by Gasteiger charge is -2.18. The molecule has 2 N–H and O–H groups in total. The molecule has 4 unspecified atom stereocenters. The highest BCUT2D eigenvalue weighted by Gasteiger charge is 2.12. The number of aliphatic hydroxyl groups excluding tert-OH is 2. The standard InChI is InChI=1S/C10H22O3/c1-7(9(3)11)5-13-6-8(2)10(4)12/h7-12H,5-6H2,1-4H3. The molecule has 13 heavy (non-hydrogen) atoms. The van der Waals surface area contributed by atoms with Crippen molar-refractivity contribution in [2.24, 2.45) is 11.8 Å². The summed E-state index contributed by atoms with van der Waals surface area (Å²) in [5, 5.41) is 18.3. The minimum Gasteiger partial charge on any atom is -0.393 e. The van der Waals surface area contributed by atoms with E-state index in [-0.39, 0.29) is 24.0 Å². The number of hydrogen-bond donors (Lipinski definition) is 2. The molecular weight excluding hydrogens is 168 g/mol. The molecule has 0 aliphatic carbocycles. The van der Waals surface area contributed by atoms with Gasteiger partial charge in [-0.15, -0.1) is 0 Å². The summed E-state index contributed by atoms with van der Waals surface area (Å²) >= 11 is 0. The van der Waals surface area contributed by atoms with Gasteiger partial charge in [-0.05, 0) is 13.8 Å². The molecule has 0 amide bonds. The van der Waals surface area contributed by atoms with E-state index in [4.69, 9.17) is 14.9 Å². The molecule has 0 fully saturated rings. The topological polar surface area (TPSA) is 49.7 Å². The third-order valence-electron chi connectivity index (χ3n) is 2.41. The minimum absolute atomic E-state index is 0.154. The van der Waals surface area contributed by atoms with Crippen molar-refractivity contribution in [2.45, 2.75) is 39.9 Å². The van der Waals surface area contributed by atoms with Gasteiger partial charge in [-0.2, -0.15) is 0 Å². The minimum atomic E-state index is -0.332. The third-order valence-corrected chi connectivity index (χ3v) is 2.41. The SMILES string of the molecule is CC(O)C(C)COCC(C)C(C)O. The van der Waals surface area contributed by atoms with Crippen molar-refractivity contribution < 1.29 is 14.9 Å². The second-order valence-corrected chi connectivity index (χ2v) is 3.97. The average Bonchev–Trinajstić information content (AvgIpc) is 2.03. The second-order valence-electron chi connectivity index (χ2n) is 3.97. The van der Waals surface area contributed by atoms with E-state index in [9.17, 15) is 0 Å². The number of aliphatic hydroxyl groups is 2. The lowest BCUT2D eigenvalue weighted by Crippen LogP contribution is -2.23. The van der Waals surface area contributed by atoms with Crippen molar-refractivity contribution in [2.75, 3.05) is 13.2 Å². The molecule has 0 rings (SSSR count). The van der Waals surface area contributed by atoms with E-state index in [1.807, 2.05) is 13.8 Å². The molecule has 0 aromatic carbocycles. The molecular formula is C10H22O3. The average molecular weight is 190 g/mol. The zero-order valence-electron chi connectivity index (χ0n) is 9.03. The fourth-order valence-electron chi connectivity index (χ4n) is 0.718. The molecule has 0 saturated heterocycles. The number of ether oxygens (including phenoxy) is 1. The number of rotatable bonds is 6. The van der Waals surface area contributed by atoms with E-state index in [0.29, 0.717) is 13.2 Å². The van der Waals surface area contributed by atoms with E-state index < -0.39 is 0 Å². The lowest BCUT2D eigenvalue weighted by atomic mass is 10.1. The van der Waals surface area contributed by atoms with Crippen molar-refractivity contribution >= 4 is 0 Å². The van der Waals surface area contributed by atoms with Gasteiger partial charge in [-0.3, -0.25) is 0 Å². The summed E-state index contributed by atoms with van der Waals surface area (Å²) in [6, 6.07) is 0. The number of hydrogen-bond acceptors (Lipinski definition) is 3. The lowest BCUT2D eigenvalue weighted by molar-refractivity contribution is 0.00709. The van der Waals surface area contributed by atoms with Crippen LogP contribution in [0.1, 0.15) is 27.7 Å².